The smallest absolute Gasteiger partial charge is 0.194 e. The number of fused-ring (bicyclic) bond motifs is 13. The van der Waals surface area contributed by atoms with E-state index in [1.165, 1.54) is 156 Å². The van der Waals surface area contributed by atoms with Crippen molar-refractivity contribution < 1.29 is 9.59 Å². The normalized spacial score (nSPS) is 17.3. The van der Waals surface area contributed by atoms with E-state index in [2.05, 4.69) is 169 Å². The van der Waals surface area contributed by atoms with Crippen LogP contribution in [0.25, 0.3) is 60.6 Å². The molecule has 3 N–H and O–H groups in total. The molecule has 0 fully saturated rings. The Bertz CT molecular complexity index is 7030. The van der Waals surface area contributed by atoms with Gasteiger partial charge in [0.2, 0.25) is 0 Å². The number of hydrogen-bond donors (Lipinski definition) is 4. The summed E-state index contributed by atoms with van der Waals surface area (Å²) in [6.45, 7) is 18.4. The summed E-state index contributed by atoms with van der Waals surface area (Å²) in [5.74, 6) is -0.657. The predicted molar refractivity (Wildman–Crippen MR) is 568 cm³/mol. The predicted octanol–water partition coefficient (Wildman–Crippen LogP) is 32.6. The van der Waals surface area contributed by atoms with Crippen molar-refractivity contribution in [2.45, 2.75) is 259 Å². The van der Waals surface area contributed by atoms with Gasteiger partial charge in [0, 0.05) is 86.9 Å². The van der Waals surface area contributed by atoms with Crippen LogP contribution in [-0.2, 0) is 49.4 Å². The van der Waals surface area contributed by atoms with Crippen molar-refractivity contribution in [1.82, 2.24) is 0 Å². The van der Waals surface area contributed by atoms with Gasteiger partial charge in [-0.25, -0.2) is 4.40 Å². The van der Waals surface area contributed by atoms with Gasteiger partial charge in [-0.3, -0.25) is 25.8 Å². The molecule has 6 aromatic carbocycles. The molecule has 0 radical (unpaired) electrons. The zero-order valence-electron chi connectivity index (χ0n) is 78.4. The average molecular weight is 1870 g/mol. The molecule has 5 aromatic heterocycles. The highest BCUT2D eigenvalue weighted by Gasteiger charge is 2.57. The number of ketones is 2. The minimum Gasteiger partial charge on any atom is -0.298 e. The highest BCUT2D eigenvalue weighted by molar-refractivity contribution is 7.79. The molecule has 6 aliphatic carbocycles. The molecule has 0 saturated carbocycles. The van der Waals surface area contributed by atoms with Gasteiger partial charge in [0.25, 0.3) is 0 Å². The first-order valence-corrected chi connectivity index (χ1v) is 53.3. The Morgan fingerprint density at radius 1 is 0.373 bits per heavy atom. The van der Waals surface area contributed by atoms with Crippen LogP contribution < -0.4 is 0 Å². The van der Waals surface area contributed by atoms with Gasteiger partial charge in [-0.05, 0) is 200 Å². The number of carbonyl (C=O) groups excluding carboxylic acids is 2. The van der Waals surface area contributed by atoms with Crippen LogP contribution in [0.5, 0.6) is 0 Å². The van der Waals surface area contributed by atoms with Gasteiger partial charge in [-0.15, -0.1) is 56.7 Å². The maximum absolute atomic E-state index is 14.6. The highest BCUT2D eigenvalue weighted by atomic mass is 32.1. The number of nitrogens with zero attached hydrogens (tertiary/aromatic N) is 5. The SMILES string of the molecule is CCCCCCc1cc(C)cc(C2(c3cc(CCCCCC)cc(CCCCCC)c3)c3cc(C4=CC=C(/C=C5\C(=O)c6ccccc6C5=C(C#N)C#N)C(=N)C4=N)sc3-c3sc4c5c(sc4c32)-c2sc3cc(C4=CC=C(/C=C6\C(=O)c7ccccc7C6=C(C#N)C#N)C(=N)C4=NS)sc3c2C5(c2cc(C)cc(CCCCCC)c2)c2cc(CCCCCC)cc(CCCCCC)c2)c1. The van der Waals surface area contributed by atoms with Crippen molar-refractivity contribution in [3.63, 3.8) is 0 Å². The summed E-state index contributed by atoms with van der Waals surface area (Å²) in [5, 5.41) is 72.1. The van der Waals surface area contributed by atoms with E-state index in [4.69, 9.17) is 12.8 Å². The Morgan fingerprint density at radius 3 is 1.16 bits per heavy atom. The van der Waals surface area contributed by atoms with Crippen molar-refractivity contribution >= 4 is 145 Å². The molecule has 0 amide bonds. The number of rotatable bonds is 38. The number of benzene rings is 6. The maximum atomic E-state index is 14.6. The Balaban J connectivity index is 0.973. The quantitative estimate of drug-likeness (QED) is 0.00971. The first kappa shape index (κ1) is 94.4. The molecular weight excluding hydrogens is 1750 g/mol. The zero-order valence-corrected chi connectivity index (χ0v) is 83.4. The number of aryl methyl sites for hydroxylation is 8. The fraction of sp³-hybridized carbons (Fsp3) is 0.339. The lowest BCUT2D eigenvalue weighted by Gasteiger charge is -2.35. The molecule has 16 heteroatoms. The summed E-state index contributed by atoms with van der Waals surface area (Å²) in [5.41, 5.74) is 23.6. The zero-order chi connectivity index (χ0) is 93.6. The van der Waals surface area contributed by atoms with E-state index in [-0.39, 0.29) is 62.1 Å². The molecule has 0 saturated heterocycles. The Labute approximate surface area is 816 Å². The number of thiophene rings is 5. The summed E-state index contributed by atoms with van der Waals surface area (Å²) in [7, 11) is 0. The van der Waals surface area contributed by atoms with Crippen molar-refractivity contribution in [1.29, 1.82) is 37.3 Å². The van der Waals surface area contributed by atoms with Crippen LogP contribution in [0.2, 0.25) is 0 Å². The van der Waals surface area contributed by atoms with Gasteiger partial charge in [-0.1, -0.05) is 314 Å². The Hall–Kier alpha value is -11.4. The number of thiol groups is 1. The van der Waals surface area contributed by atoms with Crippen LogP contribution in [0.4, 0.5) is 0 Å². The van der Waals surface area contributed by atoms with E-state index >= 15 is 0 Å². The van der Waals surface area contributed by atoms with Gasteiger partial charge in [-0.2, -0.15) is 21.0 Å². The van der Waals surface area contributed by atoms with Crippen molar-refractivity contribution in [2.75, 3.05) is 0 Å². The molecule has 2 unspecified atom stereocenters. The first-order valence-electron chi connectivity index (χ1n) is 48.8. The third-order valence-electron chi connectivity index (χ3n) is 28.1. The van der Waals surface area contributed by atoms with Gasteiger partial charge < -0.3 is 0 Å². The molecule has 134 heavy (non-hydrogen) atoms. The van der Waals surface area contributed by atoms with Crippen LogP contribution >= 0.6 is 69.5 Å². The van der Waals surface area contributed by atoms with E-state index in [0.717, 1.165) is 179 Å². The minimum absolute atomic E-state index is 0.0199. The summed E-state index contributed by atoms with van der Waals surface area (Å²) < 4.78 is 9.55. The molecule has 0 aliphatic heterocycles. The Kier molecular flexibility index (Phi) is 29.2. The van der Waals surface area contributed by atoms with Crippen LogP contribution in [0.15, 0.2) is 208 Å². The molecule has 0 bridgehead atoms. The van der Waals surface area contributed by atoms with Gasteiger partial charge >= 0.3 is 0 Å². The molecule has 10 nitrogen and oxygen atoms in total. The lowest BCUT2D eigenvalue weighted by atomic mass is 9.66. The maximum Gasteiger partial charge on any atom is 0.194 e. The minimum atomic E-state index is -0.922. The molecule has 2 atom stereocenters. The molecule has 6 aliphatic rings. The second-order valence-corrected chi connectivity index (χ2v) is 42.8. The second kappa shape index (κ2) is 41.4. The molecule has 17 rings (SSSR count). The molecule has 0 spiro atoms. The summed E-state index contributed by atoms with van der Waals surface area (Å²) in [6.07, 6.45) is 43.8. The largest absolute Gasteiger partial charge is 0.298 e. The summed E-state index contributed by atoms with van der Waals surface area (Å²) >= 11 is 14.1. The van der Waals surface area contributed by atoms with E-state index in [9.17, 15) is 46.9 Å². The second-order valence-electron chi connectivity index (χ2n) is 37.4. The topological polar surface area (TPSA) is 213 Å². The number of carbonyl (C=O) groups is 2. The molecular formula is C118H116N8O2S6. The standard InChI is InChI=1S/C118H116N8O2S6/c1-9-15-21-27-37-73-51-71(7)53-83(57-73)117(85-59-75(39-29-23-17-11-3)55-76(60-85)40-30-24-18-12-4)95-65-96(91-49-47-79(104(123)106(91)125)63-93-99(81(67-119)68-120)87-43-33-35-45-89(87)108(93)127)130-110(95)112-102(117)114-116(133-112)103-115(134-114)113-101(118(103,84-54-72(8)52-74(58-84)38-28-22-16-10-2)86-61-77(41-31-25-19-13-5)56-78(62-86)42-32-26-20-14-6)111-98(132-113)66-97(131-111)92-50-48-80(105(124)107(92)126-129)64-94-100(82(69-121)70-122)88-44-34-36-46-90(88)109(94)128/h33-36,43-66,123-125,129H,9-32,37-42H2,1-8H3/b93-63-,94-64-,123-104?,124-105?,125-106?,126-107?. The van der Waals surface area contributed by atoms with Crippen molar-refractivity contribution in [2.24, 2.45) is 4.40 Å². The number of Topliss-reactive ketones (excluding diaryl/α,β-unsaturated/α-hetero) is 2. The highest BCUT2D eigenvalue weighted by Crippen LogP contribution is 2.72. The molecule has 11 aromatic rings. The lowest BCUT2D eigenvalue weighted by molar-refractivity contribution is 0.103. The van der Waals surface area contributed by atoms with E-state index in [1.807, 2.05) is 58.3 Å². The lowest BCUT2D eigenvalue weighted by Crippen LogP contribution is -2.30. The number of nitrogens with one attached hydrogen (secondary N) is 3. The fourth-order valence-corrected chi connectivity index (χ4v) is 29.3. The van der Waals surface area contributed by atoms with Crippen LogP contribution in [0.3, 0.4) is 0 Å². The third-order valence-corrected chi connectivity index (χ3v) is 34.8. The Morgan fingerprint density at radius 2 is 0.731 bits per heavy atom. The summed E-state index contributed by atoms with van der Waals surface area (Å²) in [4.78, 5) is 35.8. The van der Waals surface area contributed by atoms with Gasteiger partial charge in [0.05, 0.1) is 61.6 Å². The number of nitriles is 4. The van der Waals surface area contributed by atoms with Gasteiger partial charge in [0.15, 0.2) is 11.6 Å². The number of allylic oxidation sites excluding steroid dienone is 16. The van der Waals surface area contributed by atoms with E-state index in [1.54, 1.807) is 83.4 Å². The van der Waals surface area contributed by atoms with E-state index < -0.39 is 10.8 Å². The number of hydrogen-bond acceptors (Lipinski definition) is 16. The summed E-state index contributed by atoms with van der Waals surface area (Å²) in [6, 6.07) is 57.9. The monoisotopic (exact) mass is 1870 g/mol. The third kappa shape index (κ3) is 17.4. The van der Waals surface area contributed by atoms with Crippen LogP contribution in [-0.4, -0.2) is 34.4 Å². The van der Waals surface area contributed by atoms with Crippen molar-refractivity contribution in [3.8, 4) is 43.8 Å². The number of unbranched alkanes of at least 4 members (excludes halogenated alkanes) is 18. The van der Waals surface area contributed by atoms with Crippen LogP contribution in [0.1, 0.15) is 326 Å². The van der Waals surface area contributed by atoms with Crippen LogP contribution in [0, 0.1) is 75.4 Å². The fourth-order valence-electron chi connectivity index (χ4n) is 21.7. The van der Waals surface area contributed by atoms with Crippen molar-refractivity contribution in [3.05, 3.63) is 324 Å². The first-order chi connectivity index (χ1) is 65.4. The van der Waals surface area contributed by atoms with E-state index in [0.29, 0.717) is 44.7 Å². The average Bonchev–Trinajstić information content (AvgIpc) is 1.48. The molecule has 5 heterocycles. The molecule has 676 valence electrons. The van der Waals surface area contributed by atoms with Gasteiger partial charge in [0.1, 0.15) is 41.1 Å².